The highest BCUT2D eigenvalue weighted by atomic mass is 15.1. The Morgan fingerprint density at radius 1 is 0.306 bits per heavy atom. The van der Waals surface area contributed by atoms with Crippen molar-refractivity contribution in [2.75, 3.05) is 4.90 Å². The van der Waals surface area contributed by atoms with Crippen LogP contribution in [0.5, 0.6) is 0 Å². The molecule has 1 heteroatoms. The molecule has 1 nitrogen and oxygen atoms in total. The van der Waals surface area contributed by atoms with Crippen LogP contribution in [0.3, 0.4) is 0 Å². The zero-order valence-electron chi connectivity index (χ0n) is 35.0. The molecule has 0 atom stereocenters. The zero-order valence-corrected chi connectivity index (χ0v) is 35.0. The lowest BCUT2D eigenvalue weighted by Gasteiger charge is -2.28. The summed E-state index contributed by atoms with van der Waals surface area (Å²) in [6.07, 6.45) is 0. The molecule has 294 valence electrons. The van der Waals surface area contributed by atoms with Crippen LogP contribution in [0.25, 0.3) is 77.5 Å². The standard InChI is InChI=1S/C61H45N/c1-61(2)57-26-10-8-23-56(57)60-55(25-14-27-58(60)61)47-35-39-51(40-36-47)62(59-28-11-9-22-54(59)49-20-12-19-48(41-49)42-15-4-3-5-16-42)50-37-33-44(34-38-50)43-29-31-46(32-30-43)53-24-13-18-45-17-6-7-21-52(45)53/h3-41H,1-2H3. The first-order chi connectivity index (χ1) is 30.5. The lowest BCUT2D eigenvalue weighted by molar-refractivity contribution is 0.660. The molecule has 10 aromatic carbocycles. The van der Waals surface area contributed by atoms with Crippen LogP contribution in [-0.2, 0) is 5.41 Å². The van der Waals surface area contributed by atoms with Crippen molar-refractivity contribution in [1.82, 2.24) is 0 Å². The molecular weight excluding hydrogens is 747 g/mol. The highest BCUT2D eigenvalue weighted by Gasteiger charge is 2.36. The van der Waals surface area contributed by atoms with Gasteiger partial charge < -0.3 is 4.90 Å². The molecule has 0 aliphatic heterocycles. The number of nitrogens with zero attached hydrogens (tertiary/aromatic N) is 1. The summed E-state index contributed by atoms with van der Waals surface area (Å²) in [6.45, 7) is 4.70. The Bertz CT molecular complexity index is 3220. The molecule has 0 saturated carbocycles. The molecule has 1 aliphatic rings. The van der Waals surface area contributed by atoms with E-state index in [2.05, 4.69) is 255 Å². The highest BCUT2D eigenvalue weighted by Crippen LogP contribution is 2.52. The van der Waals surface area contributed by atoms with E-state index in [1.807, 2.05) is 0 Å². The Balaban J connectivity index is 0.994. The van der Waals surface area contributed by atoms with Gasteiger partial charge in [0.2, 0.25) is 0 Å². The molecule has 1 aliphatic carbocycles. The lowest BCUT2D eigenvalue weighted by atomic mass is 9.82. The molecule has 0 amide bonds. The van der Waals surface area contributed by atoms with Crippen molar-refractivity contribution in [1.29, 1.82) is 0 Å². The molecule has 0 radical (unpaired) electrons. The van der Waals surface area contributed by atoms with Crippen LogP contribution in [-0.4, -0.2) is 0 Å². The maximum Gasteiger partial charge on any atom is 0.0540 e. The van der Waals surface area contributed by atoms with Gasteiger partial charge >= 0.3 is 0 Å². The van der Waals surface area contributed by atoms with E-state index in [1.54, 1.807) is 0 Å². The van der Waals surface area contributed by atoms with E-state index in [4.69, 9.17) is 0 Å². The van der Waals surface area contributed by atoms with Crippen molar-refractivity contribution >= 4 is 27.8 Å². The monoisotopic (exact) mass is 791 g/mol. The fraction of sp³-hybridized carbons (Fsp3) is 0.0492. The largest absolute Gasteiger partial charge is 0.310 e. The van der Waals surface area contributed by atoms with Gasteiger partial charge in [-0.2, -0.15) is 0 Å². The van der Waals surface area contributed by atoms with Gasteiger partial charge in [0.15, 0.2) is 0 Å². The number of para-hydroxylation sites is 1. The second-order valence-corrected chi connectivity index (χ2v) is 16.9. The molecular formula is C61H45N. The summed E-state index contributed by atoms with van der Waals surface area (Å²) in [5.41, 5.74) is 20.8. The number of rotatable bonds is 8. The second kappa shape index (κ2) is 15.4. The van der Waals surface area contributed by atoms with Gasteiger partial charge in [0.1, 0.15) is 0 Å². The summed E-state index contributed by atoms with van der Waals surface area (Å²) in [5.74, 6) is 0. The third-order valence-corrected chi connectivity index (χ3v) is 12.9. The predicted molar refractivity (Wildman–Crippen MR) is 263 cm³/mol. The van der Waals surface area contributed by atoms with Crippen LogP contribution >= 0.6 is 0 Å². The average molecular weight is 792 g/mol. The van der Waals surface area contributed by atoms with E-state index in [0.29, 0.717) is 0 Å². The smallest absolute Gasteiger partial charge is 0.0540 e. The zero-order chi connectivity index (χ0) is 41.6. The van der Waals surface area contributed by atoms with Crippen LogP contribution in [0, 0.1) is 0 Å². The number of fused-ring (bicyclic) bond motifs is 4. The van der Waals surface area contributed by atoms with Crippen LogP contribution in [0.1, 0.15) is 25.0 Å². The maximum absolute atomic E-state index is 2.41. The van der Waals surface area contributed by atoms with E-state index in [9.17, 15) is 0 Å². The first-order valence-corrected chi connectivity index (χ1v) is 21.6. The summed E-state index contributed by atoms with van der Waals surface area (Å²) in [7, 11) is 0. The fourth-order valence-corrected chi connectivity index (χ4v) is 9.74. The molecule has 0 bridgehead atoms. The van der Waals surface area contributed by atoms with E-state index >= 15 is 0 Å². The number of anilines is 3. The third kappa shape index (κ3) is 6.51. The molecule has 0 spiro atoms. The highest BCUT2D eigenvalue weighted by molar-refractivity contribution is 5.97. The van der Waals surface area contributed by atoms with Crippen LogP contribution in [0.4, 0.5) is 17.1 Å². The van der Waals surface area contributed by atoms with Crippen molar-refractivity contribution in [3.05, 3.63) is 248 Å². The van der Waals surface area contributed by atoms with Crippen molar-refractivity contribution in [3.63, 3.8) is 0 Å². The molecule has 62 heavy (non-hydrogen) atoms. The van der Waals surface area contributed by atoms with E-state index in [1.165, 1.54) is 88.7 Å². The molecule has 11 rings (SSSR count). The first-order valence-electron chi connectivity index (χ1n) is 21.6. The minimum Gasteiger partial charge on any atom is -0.310 e. The van der Waals surface area contributed by atoms with Crippen molar-refractivity contribution in [2.24, 2.45) is 0 Å². The Morgan fingerprint density at radius 2 is 0.774 bits per heavy atom. The minimum atomic E-state index is -0.0504. The number of hydrogen-bond acceptors (Lipinski definition) is 1. The van der Waals surface area contributed by atoms with Crippen molar-refractivity contribution in [2.45, 2.75) is 19.3 Å². The molecule has 0 saturated heterocycles. The molecule has 0 heterocycles. The number of hydrogen-bond donors (Lipinski definition) is 0. The van der Waals surface area contributed by atoms with E-state index < -0.39 is 0 Å². The Kier molecular flexibility index (Phi) is 9.24. The van der Waals surface area contributed by atoms with Crippen molar-refractivity contribution in [3.8, 4) is 66.8 Å². The first kappa shape index (κ1) is 37.3. The summed E-state index contributed by atoms with van der Waals surface area (Å²) in [6, 6.07) is 86.5. The minimum absolute atomic E-state index is 0.0504. The summed E-state index contributed by atoms with van der Waals surface area (Å²) in [4.78, 5) is 2.41. The van der Waals surface area contributed by atoms with Crippen LogP contribution < -0.4 is 4.90 Å². The molecule has 0 fully saturated rings. The van der Waals surface area contributed by atoms with Gasteiger partial charge in [-0.3, -0.25) is 0 Å². The van der Waals surface area contributed by atoms with Gasteiger partial charge in [-0.15, -0.1) is 0 Å². The normalized spacial score (nSPS) is 12.5. The molecule has 0 aromatic heterocycles. The average Bonchev–Trinajstić information content (AvgIpc) is 3.58. The maximum atomic E-state index is 2.41. The number of benzene rings is 10. The molecule has 0 unspecified atom stereocenters. The lowest BCUT2D eigenvalue weighted by Crippen LogP contribution is -2.14. The van der Waals surface area contributed by atoms with Crippen LogP contribution in [0.15, 0.2) is 237 Å². The second-order valence-electron chi connectivity index (χ2n) is 16.9. The van der Waals surface area contributed by atoms with Crippen LogP contribution in [0.2, 0.25) is 0 Å². The van der Waals surface area contributed by atoms with Gasteiger partial charge in [0, 0.05) is 22.4 Å². The topological polar surface area (TPSA) is 3.24 Å². The summed E-state index contributed by atoms with van der Waals surface area (Å²) < 4.78 is 0. The Morgan fingerprint density at radius 3 is 1.55 bits per heavy atom. The summed E-state index contributed by atoms with van der Waals surface area (Å²) in [5, 5.41) is 2.53. The van der Waals surface area contributed by atoms with E-state index in [-0.39, 0.29) is 5.41 Å². The Hall–Kier alpha value is -7.74. The molecule has 10 aromatic rings. The van der Waals surface area contributed by atoms with Gasteiger partial charge in [-0.05, 0) is 119 Å². The Labute approximate surface area is 364 Å². The third-order valence-electron chi connectivity index (χ3n) is 12.9. The van der Waals surface area contributed by atoms with Crippen molar-refractivity contribution < 1.29 is 0 Å². The fourth-order valence-electron chi connectivity index (χ4n) is 9.74. The van der Waals surface area contributed by atoms with E-state index in [0.717, 1.165) is 17.1 Å². The van der Waals surface area contributed by atoms with Gasteiger partial charge in [-0.1, -0.05) is 214 Å². The van der Waals surface area contributed by atoms with Gasteiger partial charge in [-0.25, -0.2) is 0 Å². The quantitative estimate of drug-likeness (QED) is 0.148. The van der Waals surface area contributed by atoms with Gasteiger partial charge in [0.05, 0.1) is 5.69 Å². The SMILES string of the molecule is CC1(C)c2ccccc2-c2c(-c3ccc(N(c4ccc(-c5ccc(-c6cccc7ccccc67)cc5)cc4)c4ccccc4-c4cccc(-c5ccccc5)c4)cc3)cccc21. The van der Waals surface area contributed by atoms with Gasteiger partial charge in [0.25, 0.3) is 0 Å². The summed E-state index contributed by atoms with van der Waals surface area (Å²) >= 11 is 0. The predicted octanol–water partition coefficient (Wildman–Crippen LogP) is 17.0. The molecule has 0 N–H and O–H groups in total.